The first-order valence-corrected chi connectivity index (χ1v) is 10.3. The number of carboxylic acid groups (broad SMARTS) is 1. The summed E-state index contributed by atoms with van der Waals surface area (Å²) in [6.07, 6.45) is 5.82. The molecule has 1 fully saturated rings. The highest BCUT2D eigenvalue weighted by Crippen LogP contribution is 2.36. The second-order valence-electron chi connectivity index (χ2n) is 8.32. The molecule has 31 heavy (non-hydrogen) atoms. The normalized spacial score (nSPS) is 25.6. The van der Waals surface area contributed by atoms with Crippen LogP contribution in [0.2, 0.25) is 0 Å². The van der Waals surface area contributed by atoms with Gasteiger partial charge in [0.25, 0.3) is 0 Å². The Hall–Kier alpha value is -2.41. The zero-order valence-electron chi connectivity index (χ0n) is 18.1. The third-order valence-corrected chi connectivity index (χ3v) is 5.32. The first kappa shape index (κ1) is 24.9. The molecule has 0 heterocycles. The van der Waals surface area contributed by atoms with Crippen LogP contribution in [0.5, 0.6) is 5.75 Å². The van der Waals surface area contributed by atoms with Crippen LogP contribution in [-0.4, -0.2) is 57.1 Å². The van der Waals surface area contributed by atoms with Crippen molar-refractivity contribution in [3.8, 4) is 5.75 Å². The Bertz CT molecular complexity index is 805. The highest BCUT2D eigenvalue weighted by atomic mass is 16.7. The van der Waals surface area contributed by atoms with Crippen molar-refractivity contribution < 1.29 is 34.7 Å². The minimum Gasteiger partial charge on any atom is -0.476 e. The summed E-state index contributed by atoms with van der Waals surface area (Å²) in [6.45, 7) is 3.28. The molecule has 0 bridgehead atoms. The van der Waals surface area contributed by atoms with E-state index < -0.39 is 29.6 Å². The van der Waals surface area contributed by atoms with Crippen molar-refractivity contribution in [2.75, 3.05) is 7.11 Å². The lowest BCUT2D eigenvalue weighted by Gasteiger charge is -2.27. The van der Waals surface area contributed by atoms with Crippen molar-refractivity contribution >= 4 is 5.97 Å². The van der Waals surface area contributed by atoms with Crippen LogP contribution in [0.1, 0.15) is 33.1 Å². The predicted molar refractivity (Wildman–Crippen MR) is 115 cm³/mol. The fourth-order valence-corrected chi connectivity index (χ4v) is 3.60. The average Bonchev–Trinajstić information content (AvgIpc) is 2.97. The Morgan fingerprint density at radius 1 is 1.19 bits per heavy atom. The standard InChI is InChI=1S/C24H32O7/c1-23(2,29)15-13-19-18(20(25)16-21(19)26)12-8-5-9-14-24(30-3,22(27)28)31-17-10-6-4-7-11-17/h4,6-11,13,15,18-21,25-26,29H,12,14,16H2,1-3H3,(H,27,28)/t5?,18-,19-,20+,21-,24?/m1/s1/i25+0,26+0,29+0. The number of rotatable bonds is 10. The Kier molecular flexibility index (Phi) is 8.62. The van der Waals surface area contributed by atoms with Crippen molar-refractivity contribution in [1.29, 1.82) is 0 Å². The molecule has 0 amide bonds. The van der Waals surface area contributed by atoms with Crippen LogP contribution in [0.15, 0.2) is 60.4 Å². The van der Waals surface area contributed by atoms with Gasteiger partial charge in [-0.25, -0.2) is 4.79 Å². The summed E-state index contributed by atoms with van der Waals surface area (Å²) in [5.41, 5.74) is 1.92. The maximum absolute atomic E-state index is 11.8. The van der Waals surface area contributed by atoms with Crippen LogP contribution in [0.3, 0.4) is 0 Å². The number of hydrogen-bond donors (Lipinski definition) is 4. The molecule has 0 spiro atoms. The molecule has 1 aliphatic carbocycles. The van der Waals surface area contributed by atoms with E-state index in [-0.39, 0.29) is 24.7 Å². The zero-order valence-corrected chi connectivity index (χ0v) is 18.1. The first-order chi connectivity index (χ1) is 14.6. The van der Waals surface area contributed by atoms with E-state index in [9.17, 15) is 25.2 Å². The molecule has 0 saturated heterocycles. The molecule has 4 N–H and O–H groups in total. The van der Waals surface area contributed by atoms with Gasteiger partial charge in [0.15, 0.2) is 0 Å². The van der Waals surface area contributed by atoms with Crippen LogP contribution >= 0.6 is 0 Å². The van der Waals surface area contributed by atoms with E-state index in [1.807, 2.05) is 0 Å². The number of aliphatic carboxylic acids is 1. The Morgan fingerprint density at radius 3 is 2.45 bits per heavy atom. The summed E-state index contributed by atoms with van der Waals surface area (Å²) in [4.78, 5) is 11.8. The van der Waals surface area contributed by atoms with Gasteiger partial charge in [0.05, 0.1) is 24.2 Å². The molecule has 170 valence electrons. The van der Waals surface area contributed by atoms with Crippen LogP contribution < -0.4 is 4.74 Å². The highest BCUT2D eigenvalue weighted by molar-refractivity contribution is 5.76. The lowest BCUT2D eigenvalue weighted by atomic mass is 9.89. The molecule has 7 nitrogen and oxygen atoms in total. The molecule has 1 unspecified atom stereocenters. The van der Waals surface area contributed by atoms with Gasteiger partial charge in [-0.1, -0.05) is 30.4 Å². The number of para-hydroxylation sites is 1. The molecule has 0 aliphatic heterocycles. The minimum absolute atomic E-state index is 0.0812. The summed E-state index contributed by atoms with van der Waals surface area (Å²) in [7, 11) is 1.27. The maximum Gasteiger partial charge on any atom is 0.377 e. The summed E-state index contributed by atoms with van der Waals surface area (Å²) < 4.78 is 10.8. The predicted octanol–water partition coefficient (Wildman–Crippen LogP) is 2.67. The topological polar surface area (TPSA) is 116 Å². The number of hydrogen-bond acceptors (Lipinski definition) is 6. The number of carboxylic acids is 1. The van der Waals surface area contributed by atoms with E-state index in [0.717, 1.165) is 0 Å². The third kappa shape index (κ3) is 7.06. The van der Waals surface area contributed by atoms with Gasteiger partial charge in [0.2, 0.25) is 0 Å². The van der Waals surface area contributed by atoms with Crippen molar-refractivity contribution in [2.24, 2.45) is 11.8 Å². The Balaban J connectivity index is 2.07. The highest BCUT2D eigenvalue weighted by Gasteiger charge is 2.41. The fraction of sp³-hybridized carbons (Fsp3) is 0.500. The molecule has 1 saturated carbocycles. The lowest BCUT2D eigenvalue weighted by Crippen LogP contribution is -2.46. The van der Waals surface area contributed by atoms with E-state index in [0.29, 0.717) is 12.2 Å². The lowest BCUT2D eigenvalue weighted by molar-refractivity contribution is -0.202. The van der Waals surface area contributed by atoms with Crippen LogP contribution in [0, 0.1) is 11.8 Å². The summed E-state index contributed by atoms with van der Waals surface area (Å²) in [5, 5.41) is 40.0. The van der Waals surface area contributed by atoms with Crippen LogP contribution in [0.4, 0.5) is 0 Å². The van der Waals surface area contributed by atoms with Gasteiger partial charge < -0.3 is 29.9 Å². The number of ether oxygens (including phenoxy) is 2. The van der Waals surface area contributed by atoms with E-state index >= 15 is 0 Å². The van der Waals surface area contributed by atoms with Gasteiger partial charge in [-0.05, 0) is 50.5 Å². The van der Waals surface area contributed by atoms with E-state index in [4.69, 9.17) is 9.47 Å². The number of methoxy groups -OCH3 is 1. The molecule has 1 aromatic carbocycles. The molecule has 1 aliphatic rings. The number of benzene rings is 1. The van der Waals surface area contributed by atoms with Gasteiger partial charge in [-0.3, -0.25) is 0 Å². The second-order valence-corrected chi connectivity index (χ2v) is 8.32. The molecule has 0 aromatic heterocycles. The molecule has 0 radical (unpaired) electrons. The van der Waals surface area contributed by atoms with Crippen molar-refractivity contribution in [3.05, 3.63) is 60.4 Å². The Morgan fingerprint density at radius 2 is 1.87 bits per heavy atom. The molecular formula is C24H32O7. The zero-order chi connectivity index (χ0) is 23.1. The summed E-state index contributed by atoms with van der Waals surface area (Å²) >= 11 is 0. The summed E-state index contributed by atoms with van der Waals surface area (Å²) in [5.74, 6) is -3.31. The van der Waals surface area contributed by atoms with Gasteiger partial charge in [0, 0.05) is 19.4 Å². The fourth-order valence-electron chi connectivity index (χ4n) is 3.60. The largest absolute Gasteiger partial charge is 0.476 e. The van der Waals surface area contributed by atoms with Gasteiger partial charge in [-0.15, -0.1) is 5.73 Å². The summed E-state index contributed by atoms with van der Waals surface area (Å²) in [6, 6.07) is 8.55. The van der Waals surface area contributed by atoms with Crippen LogP contribution in [-0.2, 0) is 9.53 Å². The minimum atomic E-state index is -1.89. The SMILES string of the molecule is COC(CC=C=CC[C@@H]1[C@@H](C=CC(C)(C)[16OH])[C@H]([16OH])C[C@@H]1[16OH])(Oc1ccccc1)C(=O)O. The van der Waals surface area contributed by atoms with E-state index in [1.165, 1.54) is 13.2 Å². The van der Waals surface area contributed by atoms with Crippen molar-refractivity contribution in [2.45, 2.75) is 56.7 Å². The average molecular weight is 433 g/mol. The molecule has 5 atom stereocenters. The van der Waals surface area contributed by atoms with Crippen molar-refractivity contribution in [3.63, 3.8) is 0 Å². The molecular weight excluding hydrogens is 400 g/mol. The monoisotopic (exact) mass is 432 g/mol. The number of aliphatic hydroxyl groups excluding tert-OH is 2. The second kappa shape index (κ2) is 10.8. The van der Waals surface area contributed by atoms with E-state index in [2.05, 4.69) is 5.73 Å². The number of aliphatic hydroxyl groups is 3. The van der Waals surface area contributed by atoms with Gasteiger partial charge in [-0.2, -0.15) is 0 Å². The molecule has 7 heteroatoms. The van der Waals surface area contributed by atoms with Gasteiger partial charge >= 0.3 is 11.8 Å². The van der Waals surface area contributed by atoms with Crippen LogP contribution in [0.25, 0.3) is 0 Å². The first-order valence-electron chi connectivity index (χ1n) is 10.3. The van der Waals surface area contributed by atoms with Crippen molar-refractivity contribution in [1.82, 2.24) is 0 Å². The molecule has 2 rings (SSSR count). The third-order valence-electron chi connectivity index (χ3n) is 5.32. The Labute approximate surface area is 182 Å². The number of carbonyl (C=O) groups is 1. The van der Waals surface area contributed by atoms with E-state index in [1.54, 1.807) is 62.4 Å². The maximum atomic E-state index is 11.8. The molecule has 1 aromatic rings. The smallest absolute Gasteiger partial charge is 0.377 e. The van der Waals surface area contributed by atoms with Gasteiger partial charge in [0.1, 0.15) is 5.75 Å². The quantitative estimate of drug-likeness (QED) is 0.255.